The van der Waals surface area contributed by atoms with E-state index < -0.39 is 0 Å². The van der Waals surface area contributed by atoms with Crippen molar-refractivity contribution in [3.63, 3.8) is 0 Å². The number of nitrogens with zero attached hydrogens (tertiary/aromatic N) is 3. The molecule has 0 bridgehead atoms. The molecule has 1 aromatic carbocycles. The highest BCUT2D eigenvalue weighted by atomic mass is 16.7. The SMILES string of the molecule is CCN(CC)C(=O)N1CCN(CC(=O)Nc2cccc3c2COCO3)CC1. The molecule has 2 aliphatic heterocycles. The lowest BCUT2D eigenvalue weighted by Gasteiger charge is -2.36. The largest absolute Gasteiger partial charge is 0.467 e. The Morgan fingerprint density at radius 2 is 1.89 bits per heavy atom. The predicted molar refractivity (Wildman–Crippen MR) is 102 cm³/mol. The lowest BCUT2D eigenvalue weighted by Crippen LogP contribution is -2.53. The monoisotopic (exact) mass is 376 g/mol. The van der Waals surface area contributed by atoms with Gasteiger partial charge in [-0.2, -0.15) is 0 Å². The van der Waals surface area contributed by atoms with Gasteiger partial charge < -0.3 is 24.6 Å². The van der Waals surface area contributed by atoms with E-state index in [0.717, 1.165) is 17.0 Å². The van der Waals surface area contributed by atoms with Crippen molar-refractivity contribution in [1.29, 1.82) is 0 Å². The highest BCUT2D eigenvalue weighted by Gasteiger charge is 2.25. The second-order valence-electron chi connectivity index (χ2n) is 6.66. The molecule has 1 fully saturated rings. The molecule has 1 saturated heterocycles. The van der Waals surface area contributed by atoms with Gasteiger partial charge in [0.2, 0.25) is 5.91 Å². The van der Waals surface area contributed by atoms with Gasteiger partial charge >= 0.3 is 6.03 Å². The lowest BCUT2D eigenvalue weighted by molar-refractivity contribution is -0.117. The number of ether oxygens (including phenoxy) is 2. The molecule has 0 spiro atoms. The summed E-state index contributed by atoms with van der Waals surface area (Å²) in [4.78, 5) is 30.6. The number of fused-ring (bicyclic) bond motifs is 1. The molecule has 2 aliphatic rings. The summed E-state index contributed by atoms with van der Waals surface area (Å²) in [5.74, 6) is 0.681. The number of carbonyl (C=O) groups is 2. The highest BCUT2D eigenvalue weighted by Crippen LogP contribution is 2.30. The number of anilines is 1. The minimum absolute atomic E-state index is 0.0718. The Bertz CT molecular complexity index is 670. The summed E-state index contributed by atoms with van der Waals surface area (Å²) in [5.41, 5.74) is 1.60. The van der Waals surface area contributed by atoms with E-state index in [4.69, 9.17) is 9.47 Å². The quantitative estimate of drug-likeness (QED) is 0.844. The summed E-state index contributed by atoms with van der Waals surface area (Å²) in [7, 11) is 0. The summed E-state index contributed by atoms with van der Waals surface area (Å²) in [5, 5.41) is 2.96. The van der Waals surface area contributed by atoms with Gasteiger partial charge in [0.05, 0.1) is 13.2 Å². The van der Waals surface area contributed by atoms with Crippen molar-refractivity contribution < 1.29 is 19.1 Å². The number of urea groups is 1. The third-order valence-electron chi connectivity index (χ3n) is 5.00. The van der Waals surface area contributed by atoms with E-state index in [9.17, 15) is 9.59 Å². The second kappa shape index (κ2) is 9.05. The van der Waals surface area contributed by atoms with Gasteiger partial charge in [-0.05, 0) is 26.0 Å². The Balaban J connectivity index is 1.50. The minimum atomic E-state index is -0.0718. The normalized spacial score (nSPS) is 17.0. The maximum atomic E-state index is 12.5. The molecule has 8 nitrogen and oxygen atoms in total. The molecule has 0 radical (unpaired) electrons. The Hall–Kier alpha value is -2.32. The van der Waals surface area contributed by atoms with E-state index in [1.807, 2.05) is 41.8 Å². The van der Waals surface area contributed by atoms with Gasteiger partial charge in [-0.15, -0.1) is 0 Å². The molecule has 8 heteroatoms. The molecule has 0 atom stereocenters. The molecule has 3 rings (SSSR count). The zero-order valence-electron chi connectivity index (χ0n) is 16.1. The molecular weight excluding hydrogens is 348 g/mol. The average molecular weight is 376 g/mol. The van der Waals surface area contributed by atoms with Gasteiger partial charge in [-0.1, -0.05) is 6.07 Å². The van der Waals surface area contributed by atoms with Crippen LogP contribution in [0.3, 0.4) is 0 Å². The van der Waals surface area contributed by atoms with Gasteiger partial charge in [-0.25, -0.2) is 4.79 Å². The molecule has 1 N–H and O–H groups in total. The standard InChI is InChI=1S/C19H28N4O4/c1-3-22(4-2)19(25)23-10-8-21(9-11-23)12-18(24)20-16-6-5-7-17-15(16)13-26-14-27-17/h5-7H,3-4,8-14H2,1-2H3,(H,20,24). The number of carbonyl (C=O) groups excluding carboxylic acids is 2. The predicted octanol–water partition coefficient (Wildman–Crippen LogP) is 1.57. The van der Waals surface area contributed by atoms with Crippen LogP contribution in [0.1, 0.15) is 19.4 Å². The minimum Gasteiger partial charge on any atom is -0.467 e. The molecule has 1 aromatic rings. The van der Waals surface area contributed by atoms with Crippen LogP contribution in [0.4, 0.5) is 10.5 Å². The number of hydrogen-bond acceptors (Lipinski definition) is 5. The first-order valence-electron chi connectivity index (χ1n) is 9.50. The van der Waals surface area contributed by atoms with Crippen LogP contribution >= 0.6 is 0 Å². The summed E-state index contributed by atoms with van der Waals surface area (Å²) in [6.07, 6.45) is 0. The molecule has 0 saturated carbocycles. The van der Waals surface area contributed by atoms with E-state index in [1.54, 1.807) is 0 Å². The number of piperazine rings is 1. The zero-order chi connectivity index (χ0) is 19.2. The van der Waals surface area contributed by atoms with E-state index in [1.165, 1.54) is 0 Å². The van der Waals surface area contributed by atoms with Crippen molar-refractivity contribution >= 4 is 17.6 Å². The number of benzene rings is 1. The van der Waals surface area contributed by atoms with Crippen LogP contribution in [0.5, 0.6) is 5.75 Å². The van der Waals surface area contributed by atoms with Gasteiger partial charge in [0, 0.05) is 50.5 Å². The molecule has 148 valence electrons. The van der Waals surface area contributed by atoms with Gasteiger partial charge in [0.15, 0.2) is 6.79 Å². The topological polar surface area (TPSA) is 74.4 Å². The van der Waals surface area contributed by atoms with E-state index in [0.29, 0.717) is 52.4 Å². The van der Waals surface area contributed by atoms with Crippen molar-refractivity contribution in [3.05, 3.63) is 23.8 Å². The van der Waals surface area contributed by atoms with Crippen molar-refractivity contribution in [2.75, 3.05) is 57.9 Å². The Morgan fingerprint density at radius 1 is 1.15 bits per heavy atom. The summed E-state index contributed by atoms with van der Waals surface area (Å²) in [6, 6.07) is 5.67. The van der Waals surface area contributed by atoms with Crippen LogP contribution in [-0.2, 0) is 16.1 Å². The smallest absolute Gasteiger partial charge is 0.320 e. The third-order valence-corrected chi connectivity index (χ3v) is 5.00. The van der Waals surface area contributed by atoms with Crippen molar-refractivity contribution in [2.45, 2.75) is 20.5 Å². The maximum Gasteiger partial charge on any atom is 0.320 e. The maximum absolute atomic E-state index is 12.5. The fraction of sp³-hybridized carbons (Fsp3) is 0.579. The zero-order valence-corrected chi connectivity index (χ0v) is 16.1. The Labute approximate surface area is 160 Å². The summed E-state index contributed by atoms with van der Waals surface area (Å²) < 4.78 is 10.8. The molecular formula is C19H28N4O4. The average Bonchev–Trinajstić information content (AvgIpc) is 2.69. The molecule has 3 amide bonds. The molecule has 27 heavy (non-hydrogen) atoms. The van der Waals surface area contributed by atoms with Crippen LogP contribution in [0.2, 0.25) is 0 Å². The van der Waals surface area contributed by atoms with Gasteiger partial charge in [0.1, 0.15) is 5.75 Å². The Kier molecular flexibility index (Phi) is 6.52. The van der Waals surface area contributed by atoms with Crippen molar-refractivity contribution in [1.82, 2.24) is 14.7 Å². The summed E-state index contributed by atoms with van der Waals surface area (Å²) >= 11 is 0. The fourth-order valence-electron chi connectivity index (χ4n) is 3.40. The molecule has 0 aromatic heterocycles. The molecule has 2 heterocycles. The van der Waals surface area contributed by atoms with E-state index >= 15 is 0 Å². The first kappa shape index (κ1) is 19.4. The lowest BCUT2D eigenvalue weighted by atomic mass is 10.1. The first-order chi connectivity index (χ1) is 13.1. The number of amides is 3. The highest BCUT2D eigenvalue weighted by molar-refractivity contribution is 5.93. The van der Waals surface area contributed by atoms with E-state index in [-0.39, 0.29) is 18.7 Å². The fourth-order valence-corrected chi connectivity index (χ4v) is 3.40. The number of nitrogens with one attached hydrogen (secondary N) is 1. The number of hydrogen-bond donors (Lipinski definition) is 1. The van der Waals surface area contributed by atoms with Crippen LogP contribution in [0.25, 0.3) is 0 Å². The van der Waals surface area contributed by atoms with Gasteiger partial charge in [0.25, 0.3) is 0 Å². The van der Waals surface area contributed by atoms with Crippen LogP contribution in [0, 0.1) is 0 Å². The van der Waals surface area contributed by atoms with E-state index in [2.05, 4.69) is 10.2 Å². The van der Waals surface area contributed by atoms with Crippen LogP contribution in [-0.4, -0.2) is 79.2 Å². The molecule has 0 unspecified atom stereocenters. The van der Waals surface area contributed by atoms with Crippen LogP contribution < -0.4 is 10.1 Å². The van der Waals surface area contributed by atoms with Crippen LogP contribution in [0.15, 0.2) is 18.2 Å². The number of rotatable bonds is 5. The first-order valence-corrected chi connectivity index (χ1v) is 9.50. The van der Waals surface area contributed by atoms with Gasteiger partial charge in [-0.3, -0.25) is 9.69 Å². The second-order valence-corrected chi connectivity index (χ2v) is 6.66. The van der Waals surface area contributed by atoms with Crippen molar-refractivity contribution in [3.8, 4) is 5.75 Å². The molecule has 0 aliphatic carbocycles. The third kappa shape index (κ3) is 4.70. The van der Waals surface area contributed by atoms with Crippen molar-refractivity contribution in [2.24, 2.45) is 0 Å². The Morgan fingerprint density at radius 3 is 2.59 bits per heavy atom. The summed E-state index contributed by atoms with van der Waals surface area (Å²) in [6.45, 7) is 9.05.